The van der Waals surface area contributed by atoms with Gasteiger partial charge in [0, 0.05) is 35.8 Å². The molecule has 0 amide bonds. The number of hydrogen-bond donors (Lipinski definition) is 0. The Balaban J connectivity index is 1.56. The maximum absolute atomic E-state index is 14.8. The first kappa shape index (κ1) is 19.1. The van der Waals surface area contributed by atoms with E-state index < -0.39 is 0 Å². The molecule has 1 saturated heterocycles. The molecule has 0 spiro atoms. The van der Waals surface area contributed by atoms with Crippen LogP contribution in [0.3, 0.4) is 0 Å². The highest BCUT2D eigenvalue weighted by Gasteiger charge is 2.21. The van der Waals surface area contributed by atoms with Gasteiger partial charge in [0.25, 0.3) is 0 Å². The first-order valence-electron chi connectivity index (χ1n) is 10.1. The highest BCUT2D eigenvalue weighted by atomic mass is 32.2. The fraction of sp³-hybridized carbons (Fsp3) is 0.160. The molecule has 0 atom stereocenters. The zero-order valence-corrected chi connectivity index (χ0v) is 17.4. The zero-order valence-electron chi connectivity index (χ0n) is 16.5. The van der Waals surface area contributed by atoms with E-state index in [1.807, 2.05) is 53.0 Å². The summed E-state index contributed by atoms with van der Waals surface area (Å²) in [6.45, 7) is 1.83. The SMILES string of the molecule is Fc1ccccc1-c1c(CN2CCSC2)cnn1-c1ccc(-c2ccccc2)cc1. The Morgan fingerprint density at radius 3 is 2.33 bits per heavy atom. The summed E-state index contributed by atoms with van der Waals surface area (Å²) >= 11 is 1.93. The van der Waals surface area contributed by atoms with E-state index >= 15 is 0 Å². The fourth-order valence-corrected chi connectivity index (χ4v) is 4.87. The summed E-state index contributed by atoms with van der Waals surface area (Å²) < 4.78 is 16.6. The minimum atomic E-state index is -0.225. The smallest absolute Gasteiger partial charge is 0.132 e. The van der Waals surface area contributed by atoms with E-state index in [0.717, 1.165) is 47.2 Å². The third-order valence-corrected chi connectivity index (χ3v) is 6.43. The summed E-state index contributed by atoms with van der Waals surface area (Å²) in [6.07, 6.45) is 1.88. The Morgan fingerprint density at radius 2 is 1.60 bits per heavy atom. The van der Waals surface area contributed by atoms with Crippen LogP contribution < -0.4 is 0 Å². The van der Waals surface area contributed by atoms with Crippen LogP contribution in [0.2, 0.25) is 0 Å². The normalized spacial score (nSPS) is 14.3. The molecular weight excluding hydrogens is 393 g/mol. The molecule has 1 aliphatic heterocycles. The van der Waals surface area contributed by atoms with Crippen LogP contribution in [0.4, 0.5) is 4.39 Å². The van der Waals surface area contributed by atoms with Crippen molar-refractivity contribution >= 4 is 11.8 Å². The first-order chi connectivity index (χ1) is 14.8. The van der Waals surface area contributed by atoms with Crippen LogP contribution >= 0.6 is 11.8 Å². The predicted molar refractivity (Wildman–Crippen MR) is 122 cm³/mol. The lowest BCUT2D eigenvalue weighted by molar-refractivity contribution is 0.349. The van der Waals surface area contributed by atoms with Crippen molar-refractivity contribution in [2.24, 2.45) is 0 Å². The maximum atomic E-state index is 14.8. The summed E-state index contributed by atoms with van der Waals surface area (Å²) in [5.41, 5.74) is 5.71. The van der Waals surface area contributed by atoms with Crippen LogP contribution in [0.15, 0.2) is 85.1 Å². The molecule has 0 N–H and O–H groups in total. The molecule has 1 fully saturated rings. The lowest BCUT2D eigenvalue weighted by Crippen LogP contribution is -2.19. The van der Waals surface area contributed by atoms with Gasteiger partial charge >= 0.3 is 0 Å². The quantitative estimate of drug-likeness (QED) is 0.408. The van der Waals surface area contributed by atoms with Crippen molar-refractivity contribution in [3.63, 3.8) is 0 Å². The van der Waals surface area contributed by atoms with Gasteiger partial charge in [0.2, 0.25) is 0 Å². The second-order valence-electron chi connectivity index (χ2n) is 7.41. The molecule has 3 nitrogen and oxygen atoms in total. The molecule has 0 radical (unpaired) electrons. The molecular formula is C25H22FN3S. The van der Waals surface area contributed by atoms with Gasteiger partial charge in [0.05, 0.1) is 17.6 Å². The first-order valence-corrected chi connectivity index (χ1v) is 11.2. The summed E-state index contributed by atoms with van der Waals surface area (Å²) in [4.78, 5) is 2.38. The third kappa shape index (κ3) is 3.78. The van der Waals surface area contributed by atoms with E-state index in [-0.39, 0.29) is 5.82 Å². The molecule has 5 heteroatoms. The van der Waals surface area contributed by atoms with Crippen molar-refractivity contribution in [1.82, 2.24) is 14.7 Å². The third-order valence-electron chi connectivity index (χ3n) is 5.41. The highest BCUT2D eigenvalue weighted by molar-refractivity contribution is 7.99. The van der Waals surface area contributed by atoms with Crippen LogP contribution in [0.25, 0.3) is 28.1 Å². The summed E-state index contributed by atoms with van der Waals surface area (Å²) in [5, 5.41) is 4.66. The number of halogens is 1. The van der Waals surface area contributed by atoms with Crippen molar-refractivity contribution in [2.45, 2.75) is 6.54 Å². The average molecular weight is 416 g/mol. The van der Waals surface area contributed by atoms with Gasteiger partial charge in [0.1, 0.15) is 5.82 Å². The lowest BCUT2D eigenvalue weighted by Gasteiger charge is -2.16. The van der Waals surface area contributed by atoms with Gasteiger partial charge < -0.3 is 0 Å². The fourth-order valence-electron chi connectivity index (χ4n) is 3.88. The molecule has 0 unspecified atom stereocenters. The van der Waals surface area contributed by atoms with Gasteiger partial charge in [-0.25, -0.2) is 9.07 Å². The van der Waals surface area contributed by atoms with Crippen LogP contribution in [-0.4, -0.2) is 32.9 Å². The van der Waals surface area contributed by atoms with E-state index in [4.69, 9.17) is 0 Å². The minimum Gasteiger partial charge on any atom is -0.289 e. The molecule has 0 aliphatic carbocycles. The van der Waals surface area contributed by atoms with Crippen molar-refractivity contribution in [3.8, 4) is 28.1 Å². The Bertz CT molecular complexity index is 1130. The number of aromatic nitrogens is 2. The topological polar surface area (TPSA) is 21.1 Å². The molecule has 30 heavy (non-hydrogen) atoms. The van der Waals surface area contributed by atoms with E-state index in [1.165, 1.54) is 11.6 Å². The van der Waals surface area contributed by atoms with Crippen molar-refractivity contribution in [1.29, 1.82) is 0 Å². The van der Waals surface area contributed by atoms with Gasteiger partial charge in [-0.15, -0.1) is 11.8 Å². The summed E-state index contributed by atoms with van der Waals surface area (Å²) in [7, 11) is 0. The second-order valence-corrected chi connectivity index (χ2v) is 8.49. The van der Waals surface area contributed by atoms with Crippen molar-refractivity contribution in [2.75, 3.05) is 18.2 Å². The summed E-state index contributed by atoms with van der Waals surface area (Å²) in [6, 6.07) is 25.5. The van der Waals surface area contributed by atoms with Crippen LogP contribution in [0, 0.1) is 5.82 Å². The average Bonchev–Trinajstić information content (AvgIpc) is 3.45. The van der Waals surface area contributed by atoms with Gasteiger partial charge in [-0.05, 0) is 35.4 Å². The molecule has 5 rings (SSSR count). The molecule has 2 heterocycles. The second kappa shape index (κ2) is 8.46. The number of nitrogens with zero attached hydrogens (tertiary/aromatic N) is 3. The molecule has 4 aromatic rings. The van der Waals surface area contributed by atoms with Crippen LogP contribution in [0.5, 0.6) is 0 Å². The molecule has 0 saturated carbocycles. The number of rotatable bonds is 5. The Labute approximate surface area is 180 Å². The van der Waals surface area contributed by atoms with E-state index in [1.54, 1.807) is 6.07 Å². The molecule has 3 aromatic carbocycles. The van der Waals surface area contributed by atoms with Gasteiger partial charge in [-0.3, -0.25) is 4.90 Å². The maximum Gasteiger partial charge on any atom is 0.132 e. The van der Waals surface area contributed by atoms with E-state index in [9.17, 15) is 4.39 Å². The largest absolute Gasteiger partial charge is 0.289 e. The van der Waals surface area contributed by atoms with Crippen molar-refractivity contribution in [3.05, 3.63) is 96.4 Å². The Hall–Kier alpha value is -2.89. The predicted octanol–water partition coefficient (Wildman–Crippen LogP) is 5.85. The molecule has 1 aromatic heterocycles. The molecule has 1 aliphatic rings. The molecule has 150 valence electrons. The van der Waals surface area contributed by atoms with Crippen molar-refractivity contribution < 1.29 is 4.39 Å². The zero-order chi connectivity index (χ0) is 20.3. The monoisotopic (exact) mass is 415 g/mol. The van der Waals surface area contributed by atoms with E-state index in [2.05, 4.69) is 46.4 Å². The highest BCUT2D eigenvalue weighted by Crippen LogP contribution is 2.31. The standard InChI is InChI=1S/C25H22FN3S/c26-24-9-5-4-8-23(24)25-21(17-28-14-15-30-18-28)16-27-29(25)22-12-10-20(11-13-22)19-6-2-1-3-7-19/h1-13,16H,14-15,17-18H2. The van der Waals surface area contributed by atoms with Gasteiger partial charge in [0.15, 0.2) is 0 Å². The Morgan fingerprint density at radius 1 is 0.867 bits per heavy atom. The van der Waals surface area contributed by atoms with Gasteiger partial charge in [-0.2, -0.15) is 5.10 Å². The van der Waals surface area contributed by atoms with Crippen LogP contribution in [-0.2, 0) is 6.54 Å². The van der Waals surface area contributed by atoms with Gasteiger partial charge in [-0.1, -0.05) is 54.6 Å². The number of hydrogen-bond acceptors (Lipinski definition) is 3. The lowest BCUT2D eigenvalue weighted by atomic mass is 10.0. The Kier molecular flexibility index (Phi) is 5.39. The summed E-state index contributed by atoms with van der Waals surface area (Å²) in [5.74, 6) is 1.93. The minimum absolute atomic E-state index is 0.225. The number of benzene rings is 3. The van der Waals surface area contributed by atoms with Crippen LogP contribution in [0.1, 0.15) is 5.56 Å². The molecule has 0 bridgehead atoms. The van der Waals surface area contributed by atoms with E-state index in [0.29, 0.717) is 5.56 Å². The number of thioether (sulfide) groups is 1.